The predicted molar refractivity (Wildman–Crippen MR) is 73.5 cm³/mol. The van der Waals surface area contributed by atoms with Gasteiger partial charge >= 0.3 is 0 Å². The Morgan fingerprint density at radius 1 is 1.28 bits per heavy atom. The number of amides is 1. The Morgan fingerprint density at radius 2 is 1.89 bits per heavy atom. The number of nitrogens with zero attached hydrogens (tertiary/aromatic N) is 2. The van der Waals surface area contributed by atoms with E-state index in [0.29, 0.717) is 16.4 Å². The SMILES string of the molecule is Cn1ccc(NC(=O)c2ccc(C(N)=S)cc2)n1. The molecule has 1 aromatic heterocycles. The molecule has 5 nitrogen and oxygen atoms in total. The Kier molecular flexibility index (Phi) is 3.38. The van der Waals surface area contributed by atoms with E-state index in [9.17, 15) is 4.79 Å². The van der Waals surface area contributed by atoms with E-state index in [-0.39, 0.29) is 5.91 Å². The number of aryl methyl sites for hydroxylation is 1. The molecule has 0 atom stereocenters. The summed E-state index contributed by atoms with van der Waals surface area (Å²) < 4.78 is 1.62. The van der Waals surface area contributed by atoms with Crippen molar-refractivity contribution in [1.82, 2.24) is 9.78 Å². The maximum Gasteiger partial charge on any atom is 0.256 e. The minimum absolute atomic E-state index is 0.219. The first-order valence-corrected chi connectivity index (χ1v) is 5.68. The number of carbonyl (C=O) groups excluding carboxylic acids is 1. The summed E-state index contributed by atoms with van der Waals surface area (Å²) in [7, 11) is 1.78. The summed E-state index contributed by atoms with van der Waals surface area (Å²) in [4.78, 5) is 12.2. The fourth-order valence-corrected chi connectivity index (χ4v) is 1.59. The predicted octanol–water partition coefficient (Wildman–Crippen LogP) is 1.31. The van der Waals surface area contributed by atoms with Crippen molar-refractivity contribution >= 4 is 28.9 Å². The van der Waals surface area contributed by atoms with Gasteiger partial charge in [0.1, 0.15) is 4.99 Å². The van der Waals surface area contributed by atoms with Gasteiger partial charge in [0.05, 0.1) is 0 Å². The zero-order chi connectivity index (χ0) is 13.1. The lowest BCUT2D eigenvalue weighted by molar-refractivity contribution is 0.102. The molecule has 0 saturated heterocycles. The van der Waals surface area contributed by atoms with Crippen molar-refractivity contribution < 1.29 is 4.79 Å². The molecule has 0 aliphatic carbocycles. The number of nitrogens with one attached hydrogen (secondary N) is 1. The summed E-state index contributed by atoms with van der Waals surface area (Å²) in [6, 6.07) is 8.51. The second-order valence-corrected chi connectivity index (χ2v) is 4.21. The minimum atomic E-state index is -0.219. The lowest BCUT2D eigenvalue weighted by Gasteiger charge is -2.03. The van der Waals surface area contributed by atoms with Crippen molar-refractivity contribution in [3.8, 4) is 0 Å². The number of anilines is 1. The van der Waals surface area contributed by atoms with Gasteiger partial charge in [-0.25, -0.2) is 0 Å². The minimum Gasteiger partial charge on any atom is -0.389 e. The van der Waals surface area contributed by atoms with Crippen molar-refractivity contribution in [3.05, 3.63) is 47.7 Å². The summed E-state index contributed by atoms with van der Waals surface area (Å²) in [5.74, 6) is 0.295. The maximum atomic E-state index is 11.9. The molecule has 2 rings (SSSR count). The van der Waals surface area contributed by atoms with Gasteiger partial charge in [-0.05, 0) is 12.1 Å². The molecule has 0 radical (unpaired) electrons. The third kappa shape index (κ3) is 2.72. The second-order valence-electron chi connectivity index (χ2n) is 3.77. The summed E-state index contributed by atoms with van der Waals surface area (Å²) in [5, 5.41) is 6.76. The highest BCUT2D eigenvalue weighted by atomic mass is 32.1. The van der Waals surface area contributed by atoms with Crippen molar-refractivity contribution in [2.75, 3.05) is 5.32 Å². The average molecular weight is 260 g/mol. The average Bonchev–Trinajstić information content (AvgIpc) is 2.75. The highest BCUT2D eigenvalue weighted by Crippen LogP contribution is 2.08. The number of hydrogen-bond donors (Lipinski definition) is 2. The normalized spacial score (nSPS) is 10.1. The molecule has 0 spiro atoms. The first-order chi connectivity index (χ1) is 8.56. The lowest BCUT2D eigenvalue weighted by atomic mass is 10.1. The van der Waals surface area contributed by atoms with E-state index in [0.717, 1.165) is 5.56 Å². The van der Waals surface area contributed by atoms with E-state index in [4.69, 9.17) is 18.0 Å². The standard InChI is InChI=1S/C12H12N4OS/c1-16-7-6-10(15-16)14-12(17)9-4-2-8(3-5-9)11(13)18/h2-7H,1H3,(H2,13,18)(H,14,15,17). The number of aromatic nitrogens is 2. The second kappa shape index (κ2) is 4.97. The van der Waals surface area contributed by atoms with E-state index in [1.54, 1.807) is 48.3 Å². The summed E-state index contributed by atoms with van der Waals surface area (Å²) in [6.07, 6.45) is 1.76. The molecule has 0 fully saturated rings. The van der Waals surface area contributed by atoms with E-state index in [1.807, 2.05) is 0 Å². The molecule has 6 heteroatoms. The van der Waals surface area contributed by atoms with Gasteiger partial charge in [0.25, 0.3) is 5.91 Å². The molecular weight excluding hydrogens is 248 g/mol. The van der Waals surface area contributed by atoms with Crippen LogP contribution in [0.4, 0.5) is 5.82 Å². The third-order valence-electron chi connectivity index (χ3n) is 2.39. The number of nitrogens with two attached hydrogens (primary N) is 1. The summed E-state index contributed by atoms with van der Waals surface area (Å²) >= 11 is 4.84. The Labute approximate surface area is 110 Å². The van der Waals surface area contributed by atoms with Crippen LogP contribution in [-0.4, -0.2) is 20.7 Å². The van der Waals surface area contributed by atoms with Gasteiger partial charge in [0.2, 0.25) is 0 Å². The Morgan fingerprint density at radius 3 is 2.39 bits per heavy atom. The van der Waals surface area contributed by atoms with Crippen molar-refractivity contribution in [3.63, 3.8) is 0 Å². The molecule has 0 aliphatic rings. The lowest BCUT2D eigenvalue weighted by Crippen LogP contribution is -2.14. The van der Waals surface area contributed by atoms with Gasteiger partial charge in [-0.2, -0.15) is 5.10 Å². The quantitative estimate of drug-likeness (QED) is 0.816. The van der Waals surface area contributed by atoms with E-state index >= 15 is 0 Å². The zero-order valence-corrected chi connectivity index (χ0v) is 10.6. The Balaban J connectivity index is 2.11. The smallest absolute Gasteiger partial charge is 0.256 e. The summed E-state index contributed by atoms with van der Waals surface area (Å²) in [6.45, 7) is 0. The van der Waals surface area contributed by atoms with Gasteiger partial charge in [0, 0.05) is 30.4 Å². The molecule has 1 aromatic carbocycles. The molecule has 2 aromatic rings. The number of carbonyl (C=O) groups is 1. The van der Waals surface area contributed by atoms with Gasteiger partial charge in [-0.15, -0.1) is 0 Å². The van der Waals surface area contributed by atoms with Crippen molar-refractivity contribution in [2.45, 2.75) is 0 Å². The first-order valence-electron chi connectivity index (χ1n) is 5.27. The molecule has 3 N–H and O–H groups in total. The van der Waals surface area contributed by atoms with Crippen LogP contribution < -0.4 is 11.1 Å². The number of rotatable bonds is 3. The highest BCUT2D eigenvalue weighted by molar-refractivity contribution is 7.80. The maximum absolute atomic E-state index is 11.9. The summed E-state index contributed by atoms with van der Waals surface area (Å²) in [5.41, 5.74) is 6.75. The molecule has 0 saturated carbocycles. The van der Waals surface area contributed by atoms with E-state index in [1.165, 1.54) is 0 Å². The fraction of sp³-hybridized carbons (Fsp3) is 0.0833. The van der Waals surface area contributed by atoms with Crippen molar-refractivity contribution in [1.29, 1.82) is 0 Å². The number of thiocarbonyl (C=S) groups is 1. The van der Waals surface area contributed by atoms with Crippen LogP contribution in [0.1, 0.15) is 15.9 Å². The number of benzene rings is 1. The first kappa shape index (κ1) is 12.3. The molecule has 0 aliphatic heterocycles. The van der Waals surface area contributed by atoms with Gasteiger partial charge in [-0.3, -0.25) is 9.48 Å². The molecule has 18 heavy (non-hydrogen) atoms. The van der Waals surface area contributed by atoms with E-state index in [2.05, 4.69) is 10.4 Å². The molecule has 1 heterocycles. The van der Waals surface area contributed by atoms with Crippen LogP contribution in [-0.2, 0) is 7.05 Å². The number of hydrogen-bond acceptors (Lipinski definition) is 3. The molecule has 0 bridgehead atoms. The van der Waals surface area contributed by atoms with Crippen LogP contribution in [0.15, 0.2) is 36.5 Å². The van der Waals surface area contributed by atoms with Crippen LogP contribution in [0.5, 0.6) is 0 Å². The largest absolute Gasteiger partial charge is 0.389 e. The molecular formula is C12H12N4OS. The highest BCUT2D eigenvalue weighted by Gasteiger charge is 2.07. The third-order valence-corrected chi connectivity index (χ3v) is 2.62. The molecule has 1 amide bonds. The molecule has 92 valence electrons. The van der Waals surface area contributed by atoms with Crippen LogP contribution in [0.25, 0.3) is 0 Å². The molecule has 0 unspecified atom stereocenters. The van der Waals surface area contributed by atoms with Crippen LogP contribution in [0.3, 0.4) is 0 Å². The van der Waals surface area contributed by atoms with Crippen LogP contribution in [0.2, 0.25) is 0 Å². The van der Waals surface area contributed by atoms with Crippen molar-refractivity contribution in [2.24, 2.45) is 12.8 Å². The van der Waals surface area contributed by atoms with E-state index < -0.39 is 0 Å². The monoisotopic (exact) mass is 260 g/mol. The van der Waals surface area contributed by atoms with Gasteiger partial charge < -0.3 is 11.1 Å². The van der Waals surface area contributed by atoms with Gasteiger partial charge in [0.15, 0.2) is 5.82 Å². The zero-order valence-electron chi connectivity index (χ0n) is 9.75. The van der Waals surface area contributed by atoms with Crippen LogP contribution >= 0.6 is 12.2 Å². The Hall–Kier alpha value is -2.21. The topological polar surface area (TPSA) is 72.9 Å². The van der Waals surface area contributed by atoms with Gasteiger partial charge in [-0.1, -0.05) is 24.4 Å². The van der Waals surface area contributed by atoms with Crippen LogP contribution in [0, 0.1) is 0 Å². The fourth-order valence-electron chi connectivity index (χ4n) is 1.46. The Bertz CT molecular complexity index is 588.